The van der Waals surface area contributed by atoms with Crippen molar-refractivity contribution in [1.82, 2.24) is 4.98 Å². The number of hydrogen-bond acceptors (Lipinski definition) is 1. The third kappa shape index (κ3) is 2.66. The van der Waals surface area contributed by atoms with Crippen LogP contribution in [0.2, 0.25) is 0 Å². The van der Waals surface area contributed by atoms with E-state index >= 15 is 0 Å². The van der Waals surface area contributed by atoms with Crippen LogP contribution in [0.25, 0.3) is 65.6 Å². The van der Waals surface area contributed by atoms with Gasteiger partial charge in [0.2, 0.25) is 0 Å². The van der Waals surface area contributed by atoms with Crippen LogP contribution in [-0.4, -0.2) is 4.98 Å². The smallest absolute Gasteiger partial charge is 0.136 e. The molecule has 0 aliphatic heterocycles. The molecular formula is C30H23NO. The Bertz CT molecular complexity index is 1750. The minimum atomic E-state index is 0.924. The predicted octanol–water partition coefficient (Wildman–Crippen LogP) is 9.07. The first-order valence-electron chi connectivity index (χ1n) is 11.2. The van der Waals surface area contributed by atoms with E-state index in [1.54, 1.807) is 0 Å². The summed E-state index contributed by atoms with van der Waals surface area (Å²) < 4.78 is 6.13. The average Bonchev–Trinajstić information content (AvgIpc) is 3.41. The van der Waals surface area contributed by atoms with Gasteiger partial charge in [0.05, 0.1) is 5.52 Å². The van der Waals surface area contributed by atoms with Crippen LogP contribution >= 0.6 is 0 Å². The Morgan fingerprint density at radius 3 is 2.09 bits per heavy atom. The first-order valence-corrected chi connectivity index (χ1v) is 11.2. The van der Waals surface area contributed by atoms with E-state index in [4.69, 9.17) is 4.42 Å². The topological polar surface area (TPSA) is 28.9 Å². The molecule has 0 saturated carbocycles. The minimum Gasteiger partial charge on any atom is -0.456 e. The summed E-state index contributed by atoms with van der Waals surface area (Å²) in [7, 11) is 0. The number of benzene rings is 5. The van der Waals surface area contributed by atoms with E-state index < -0.39 is 0 Å². The molecular weight excluding hydrogens is 390 g/mol. The van der Waals surface area contributed by atoms with Gasteiger partial charge < -0.3 is 9.40 Å². The van der Waals surface area contributed by atoms with Crippen molar-refractivity contribution in [3.05, 3.63) is 97.1 Å². The molecule has 0 fully saturated rings. The fraction of sp³-hybridized carbons (Fsp3) is 0.0667. The standard InChI is InChI=1S/C28H17NO.C2H6/c1-2-8-18-16-24-23(15-17(18)7-1)21-12-5-11-20(28(21)29-24)19-10-6-14-26-27(19)22-9-3-4-13-25(22)30-26;1-2/h1-16,29H;1-2H3. The molecule has 1 N–H and O–H groups in total. The lowest BCUT2D eigenvalue weighted by Crippen LogP contribution is -1.82. The fourth-order valence-corrected chi connectivity index (χ4v) is 4.84. The summed E-state index contributed by atoms with van der Waals surface area (Å²) in [5.41, 5.74) is 6.58. The summed E-state index contributed by atoms with van der Waals surface area (Å²) in [6.45, 7) is 4.00. The highest BCUT2D eigenvalue weighted by atomic mass is 16.3. The second-order valence-electron chi connectivity index (χ2n) is 7.88. The van der Waals surface area contributed by atoms with Gasteiger partial charge in [-0.05, 0) is 40.6 Å². The first kappa shape index (κ1) is 18.7. The van der Waals surface area contributed by atoms with Crippen LogP contribution in [0.15, 0.2) is 101 Å². The quantitative estimate of drug-likeness (QED) is 0.286. The van der Waals surface area contributed by atoms with E-state index in [0.29, 0.717) is 0 Å². The van der Waals surface area contributed by atoms with Crippen molar-refractivity contribution in [2.24, 2.45) is 0 Å². The molecule has 0 unspecified atom stereocenters. The number of para-hydroxylation sites is 2. The van der Waals surface area contributed by atoms with Gasteiger partial charge in [0.15, 0.2) is 0 Å². The van der Waals surface area contributed by atoms with Crippen molar-refractivity contribution in [1.29, 1.82) is 0 Å². The van der Waals surface area contributed by atoms with Crippen LogP contribution in [0, 0.1) is 0 Å². The van der Waals surface area contributed by atoms with E-state index in [-0.39, 0.29) is 0 Å². The van der Waals surface area contributed by atoms with Crippen molar-refractivity contribution in [3.63, 3.8) is 0 Å². The van der Waals surface area contributed by atoms with Gasteiger partial charge in [-0.1, -0.05) is 86.6 Å². The highest BCUT2D eigenvalue weighted by Crippen LogP contribution is 2.40. The monoisotopic (exact) mass is 413 g/mol. The number of rotatable bonds is 1. The van der Waals surface area contributed by atoms with Crippen LogP contribution < -0.4 is 0 Å². The average molecular weight is 414 g/mol. The zero-order chi connectivity index (χ0) is 21.7. The molecule has 0 spiro atoms. The highest BCUT2D eigenvalue weighted by Gasteiger charge is 2.16. The van der Waals surface area contributed by atoms with Crippen molar-refractivity contribution in [2.45, 2.75) is 13.8 Å². The molecule has 7 rings (SSSR count). The number of fused-ring (bicyclic) bond motifs is 7. The number of aromatic amines is 1. The molecule has 32 heavy (non-hydrogen) atoms. The van der Waals surface area contributed by atoms with Gasteiger partial charge in [0, 0.05) is 32.6 Å². The van der Waals surface area contributed by atoms with Gasteiger partial charge in [0.1, 0.15) is 11.2 Å². The summed E-state index contributed by atoms with van der Waals surface area (Å²) in [4.78, 5) is 3.71. The molecule has 0 aliphatic rings. The Balaban J connectivity index is 0.000000953. The second-order valence-corrected chi connectivity index (χ2v) is 7.88. The zero-order valence-corrected chi connectivity index (χ0v) is 18.1. The van der Waals surface area contributed by atoms with E-state index in [2.05, 4.69) is 89.9 Å². The number of H-pyrrole nitrogens is 1. The summed E-state index contributed by atoms with van der Waals surface area (Å²) >= 11 is 0. The van der Waals surface area contributed by atoms with Crippen molar-refractivity contribution >= 4 is 54.5 Å². The molecule has 0 saturated heterocycles. The molecule has 0 atom stereocenters. The Morgan fingerprint density at radius 2 is 1.22 bits per heavy atom. The van der Waals surface area contributed by atoms with Crippen LogP contribution in [-0.2, 0) is 0 Å². The van der Waals surface area contributed by atoms with E-state index in [1.807, 2.05) is 26.0 Å². The van der Waals surface area contributed by atoms with E-state index in [9.17, 15) is 0 Å². The summed E-state index contributed by atoms with van der Waals surface area (Å²) in [5.74, 6) is 0. The highest BCUT2D eigenvalue weighted by molar-refractivity contribution is 6.19. The van der Waals surface area contributed by atoms with Gasteiger partial charge in [-0.3, -0.25) is 0 Å². The molecule has 2 aromatic heterocycles. The molecule has 5 aromatic carbocycles. The maximum Gasteiger partial charge on any atom is 0.136 e. The fourth-order valence-electron chi connectivity index (χ4n) is 4.84. The van der Waals surface area contributed by atoms with Gasteiger partial charge >= 0.3 is 0 Å². The molecule has 0 radical (unpaired) electrons. The van der Waals surface area contributed by atoms with E-state index in [0.717, 1.165) is 16.6 Å². The maximum absolute atomic E-state index is 6.13. The van der Waals surface area contributed by atoms with Crippen molar-refractivity contribution in [2.75, 3.05) is 0 Å². The largest absolute Gasteiger partial charge is 0.456 e. The second kappa shape index (κ2) is 7.28. The van der Waals surface area contributed by atoms with Crippen molar-refractivity contribution in [3.8, 4) is 11.1 Å². The molecule has 2 heterocycles. The van der Waals surface area contributed by atoms with Gasteiger partial charge in [0.25, 0.3) is 0 Å². The number of hydrogen-bond donors (Lipinski definition) is 1. The molecule has 0 amide bonds. The predicted molar refractivity (Wildman–Crippen MR) is 137 cm³/mol. The van der Waals surface area contributed by atoms with E-state index in [1.165, 1.54) is 49.1 Å². The lowest BCUT2D eigenvalue weighted by atomic mass is 9.97. The first-order chi connectivity index (χ1) is 15.9. The Kier molecular flexibility index (Phi) is 4.26. The lowest BCUT2D eigenvalue weighted by Gasteiger charge is -2.06. The Hall–Kier alpha value is -4.04. The molecule has 2 heteroatoms. The zero-order valence-electron chi connectivity index (χ0n) is 18.1. The van der Waals surface area contributed by atoms with Crippen LogP contribution in [0.3, 0.4) is 0 Å². The molecule has 154 valence electrons. The van der Waals surface area contributed by atoms with Crippen LogP contribution in [0.4, 0.5) is 0 Å². The number of furan rings is 1. The maximum atomic E-state index is 6.13. The molecule has 2 nitrogen and oxygen atoms in total. The van der Waals surface area contributed by atoms with Crippen molar-refractivity contribution < 1.29 is 4.42 Å². The summed E-state index contributed by atoms with van der Waals surface area (Å²) in [5, 5.41) is 7.35. The normalized spacial score (nSPS) is 11.4. The third-order valence-corrected chi connectivity index (χ3v) is 6.19. The Labute approximate surface area is 186 Å². The molecule has 7 aromatic rings. The van der Waals surface area contributed by atoms with Gasteiger partial charge in [-0.2, -0.15) is 0 Å². The molecule has 0 bridgehead atoms. The van der Waals surface area contributed by atoms with Crippen LogP contribution in [0.5, 0.6) is 0 Å². The van der Waals surface area contributed by atoms with Gasteiger partial charge in [-0.15, -0.1) is 0 Å². The van der Waals surface area contributed by atoms with Crippen LogP contribution in [0.1, 0.15) is 13.8 Å². The van der Waals surface area contributed by atoms with Gasteiger partial charge in [-0.25, -0.2) is 0 Å². The minimum absolute atomic E-state index is 0.924. The number of nitrogens with one attached hydrogen (secondary N) is 1. The summed E-state index contributed by atoms with van der Waals surface area (Å²) in [6, 6.07) is 34.2. The Morgan fingerprint density at radius 1 is 0.562 bits per heavy atom. The number of aromatic nitrogens is 1. The lowest BCUT2D eigenvalue weighted by molar-refractivity contribution is 0.669. The SMILES string of the molecule is CC.c1ccc2cc3c(cc2c1)[nH]c1c(-c2cccc4oc5ccccc5c24)cccc13. The molecule has 0 aliphatic carbocycles. The third-order valence-electron chi connectivity index (χ3n) is 6.19. The summed E-state index contributed by atoms with van der Waals surface area (Å²) in [6.07, 6.45) is 0.